The van der Waals surface area contributed by atoms with E-state index >= 15 is 0 Å². The van der Waals surface area contributed by atoms with E-state index in [-0.39, 0.29) is 5.56 Å². The van der Waals surface area contributed by atoms with Gasteiger partial charge in [0.15, 0.2) is 0 Å². The smallest absolute Gasteiger partial charge is 0.325 e. The number of hydrogen-bond donors (Lipinski definition) is 1. The Balaban J connectivity index is 2.15. The minimum absolute atomic E-state index is 0.225. The number of rotatable bonds is 5. The molecule has 0 bridgehead atoms. The molecule has 0 aliphatic carbocycles. The first-order valence-corrected chi connectivity index (χ1v) is 7.26. The molecule has 21 heavy (non-hydrogen) atoms. The normalized spacial score (nSPS) is 17.9. The molecule has 0 aromatic heterocycles. The van der Waals surface area contributed by atoms with Crippen LogP contribution in [0.5, 0.6) is 0 Å². The van der Waals surface area contributed by atoms with Crippen molar-refractivity contribution in [3.8, 4) is 0 Å². The van der Waals surface area contributed by atoms with Gasteiger partial charge in [-0.25, -0.2) is 4.39 Å². The summed E-state index contributed by atoms with van der Waals surface area (Å²) in [6, 6.07) is 3.75. The van der Waals surface area contributed by atoms with Crippen molar-refractivity contribution in [2.24, 2.45) is 5.92 Å². The van der Waals surface area contributed by atoms with Gasteiger partial charge >= 0.3 is 5.97 Å². The average Bonchev–Trinajstić information content (AvgIpc) is 2.42. The predicted octanol–water partition coefficient (Wildman–Crippen LogP) is 2.62. The van der Waals surface area contributed by atoms with Crippen molar-refractivity contribution in [3.05, 3.63) is 35.1 Å². The van der Waals surface area contributed by atoms with Gasteiger partial charge in [0.2, 0.25) is 0 Å². The first kappa shape index (κ1) is 15.9. The van der Waals surface area contributed by atoms with Crippen molar-refractivity contribution >= 4 is 5.97 Å². The average molecular weight is 295 g/mol. The van der Waals surface area contributed by atoms with Crippen molar-refractivity contribution < 1.29 is 19.0 Å². The van der Waals surface area contributed by atoms with Crippen molar-refractivity contribution in [2.75, 3.05) is 26.8 Å². The lowest BCUT2D eigenvalue weighted by molar-refractivity contribution is -0.143. The fraction of sp³-hybridized carbons (Fsp3) is 0.562. The Morgan fingerprint density at radius 3 is 2.71 bits per heavy atom. The largest absolute Gasteiger partial charge is 0.480 e. The molecule has 116 valence electrons. The van der Waals surface area contributed by atoms with Crippen LogP contribution in [0.3, 0.4) is 0 Å². The molecule has 1 aromatic rings. The van der Waals surface area contributed by atoms with Crippen molar-refractivity contribution in [2.45, 2.75) is 25.8 Å². The third-order valence-corrected chi connectivity index (χ3v) is 4.01. The summed E-state index contributed by atoms with van der Waals surface area (Å²) in [5.41, 5.74) is 1.01. The van der Waals surface area contributed by atoms with Crippen LogP contribution < -0.4 is 0 Å². The van der Waals surface area contributed by atoms with Crippen LogP contribution in [0.1, 0.15) is 30.0 Å². The second kappa shape index (κ2) is 7.00. The molecule has 1 N–H and O–H groups in total. The zero-order valence-corrected chi connectivity index (χ0v) is 12.5. The number of hydrogen-bond acceptors (Lipinski definition) is 3. The molecule has 2 rings (SSSR count). The summed E-state index contributed by atoms with van der Waals surface area (Å²) < 4.78 is 19.4. The van der Waals surface area contributed by atoms with Crippen molar-refractivity contribution in [1.29, 1.82) is 0 Å². The van der Waals surface area contributed by atoms with E-state index in [9.17, 15) is 14.3 Å². The zero-order valence-electron chi connectivity index (χ0n) is 12.5. The van der Waals surface area contributed by atoms with Crippen LogP contribution in [-0.4, -0.2) is 42.8 Å². The van der Waals surface area contributed by atoms with Crippen LogP contribution in [0, 0.1) is 18.7 Å². The number of halogens is 1. The molecule has 0 spiro atoms. The molecule has 1 fully saturated rings. The van der Waals surface area contributed by atoms with E-state index in [1.807, 2.05) is 0 Å². The fourth-order valence-electron chi connectivity index (χ4n) is 2.85. The standard InChI is InChI=1S/C16H22FNO3/c1-11-3-4-13(14(17)9-11)15(16(19)20)18(2)10-12-5-7-21-8-6-12/h3-4,9,12,15H,5-8,10H2,1-2H3,(H,19,20). The van der Waals surface area contributed by atoms with Crippen LogP contribution >= 0.6 is 0 Å². The van der Waals surface area contributed by atoms with Gasteiger partial charge in [0, 0.05) is 25.3 Å². The number of carbonyl (C=O) groups is 1. The topological polar surface area (TPSA) is 49.8 Å². The third kappa shape index (κ3) is 4.02. The van der Waals surface area contributed by atoms with E-state index in [0.717, 1.165) is 31.6 Å². The number of benzene rings is 1. The maximum Gasteiger partial charge on any atom is 0.325 e. The van der Waals surface area contributed by atoms with Gasteiger partial charge in [-0.15, -0.1) is 0 Å². The molecule has 1 aromatic carbocycles. The van der Waals surface area contributed by atoms with E-state index in [4.69, 9.17) is 4.74 Å². The first-order chi connectivity index (χ1) is 9.99. The Morgan fingerprint density at radius 1 is 1.48 bits per heavy atom. The van der Waals surface area contributed by atoms with Crippen LogP contribution in [-0.2, 0) is 9.53 Å². The van der Waals surface area contributed by atoms with Gasteiger partial charge in [-0.1, -0.05) is 12.1 Å². The summed E-state index contributed by atoms with van der Waals surface area (Å²) in [6.07, 6.45) is 1.85. The van der Waals surface area contributed by atoms with Crippen LogP contribution in [0.25, 0.3) is 0 Å². The van der Waals surface area contributed by atoms with Gasteiger partial charge in [-0.2, -0.15) is 0 Å². The van der Waals surface area contributed by atoms with Gasteiger partial charge in [0.25, 0.3) is 0 Å². The summed E-state index contributed by atoms with van der Waals surface area (Å²) in [4.78, 5) is 13.3. The first-order valence-electron chi connectivity index (χ1n) is 7.26. The second-order valence-corrected chi connectivity index (χ2v) is 5.76. The summed E-state index contributed by atoms with van der Waals surface area (Å²) in [6.45, 7) is 3.85. The Labute approximate surface area is 124 Å². The number of ether oxygens (including phenoxy) is 1. The molecule has 0 amide bonds. The minimum atomic E-state index is -1.02. The lowest BCUT2D eigenvalue weighted by Gasteiger charge is -2.31. The minimum Gasteiger partial charge on any atom is -0.480 e. The molecule has 0 radical (unpaired) electrons. The quantitative estimate of drug-likeness (QED) is 0.907. The number of carboxylic acids is 1. The maximum atomic E-state index is 14.1. The summed E-state index contributed by atoms with van der Waals surface area (Å²) >= 11 is 0. The molecule has 1 aliphatic rings. The molecular formula is C16H22FNO3. The Hall–Kier alpha value is -1.46. The molecule has 5 heteroatoms. The SMILES string of the molecule is Cc1ccc(C(C(=O)O)N(C)CC2CCOCC2)c(F)c1. The lowest BCUT2D eigenvalue weighted by atomic mass is 9.97. The van der Waals surface area contributed by atoms with Gasteiger partial charge in [-0.3, -0.25) is 9.69 Å². The van der Waals surface area contributed by atoms with Gasteiger partial charge < -0.3 is 9.84 Å². The summed E-state index contributed by atoms with van der Waals surface area (Å²) in [5.74, 6) is -1.08. The van der Waals surface area contributed by atoms with Crippen molar-refractivity contribution in [1.82, 2.24) is 4.90 Å². The number of aliphatic carboxylic acids is 1. The summed E-state index contributed by atoms with van der Waals surface area (Å²) in [7, 11) is 1.74. The predicted molar refractivity (Wildman–Crippen MR) is 77.7 cm³/mol. The number of nitrogens with zero attached hydrogens (tertiary/aromatic N) is 1. The van der Waals surface area contributed by atoms with E-state index in [2.05, 4.69) is 0 Å². The molecular weight excluding hydrogens is 273 g/mol. The van der Waals surface area contributed by atoms with Crippen LogP contribution in [0.2, 0.25) is 0 Å². The number of carboxylic acid groups (broad SMARTS) is 1. The lowest BCUT2D eigenvalue weighted by Crippen LogP contribution is -2.36. The summed E-state index contributed by atoms with van der Waals surface area (Å²) in [5, 5.41) is 9.49. The highest BCUT2D eigenvalue weighted by Gasteiger charge is 2.29. The Kier molecular flexibility index (Phi) is 5.31. The highest BCUT2D eigenvalue weighted by molar-refractivity contribution is 5.75. The zero-order chi connectivity index (χ0) is 15.4. The van der Waals surface area contributed by atoms with Crippen molar-refractivity contribution in [3.63, 3.8) is 0 Å². The number of aryl methyl sites for hydroxylation is 1. The molecule has 1 heterocycles. The number of likely N-dealkylation sites (N-methyl/N-ethyl adjacent to an activating group) is 1. The molecule has 1 unspecified atom stereocenters. The molecule has 1 saturated heterocycles. The highest BCUT2D eigenvalue weighted by Crippen LogP contribution is 2.26. The maximum absolute atomic E-state index is 14.1. The second-order valence-electron chi connectivity index (χ2n) is 5.76. The monoisotopic (exact) mass is 295 g/mol. The van der Waals surface area contributed by atoms with Gasteiger partial charge in [0.05, 0.1) is 0 Å². The molecule has 0 saturated carbocycles. The third-order valence-electron chi connectivity index (χ3n) is 4.01. The fourth-order valence-corrected chi connectivity index (χ4v) is 2.85. The molecule has 4 nitrogen and oxygen atoms in total. The van der Waals surface area contributed by atoms with E-state index in [1.165, 1.54) is 6.07 Å². The van der Waals surface area contributed by atoms with E-state index in [0.29, 0.717) is 12.5 Å². The van der Waals surface area contributed by atoms with E-state index in [1.54, 1.807) is 31.0 Å². The Bertz CT molecular complexity index is 500. The Morgan fingerprint density at radius 2 is 2.14 bits per heavy atom. The molecule has 1 aliphatic heterocycles. The molecule has 1 atom stereocenters. The van der Waals surface area contributed by atoms with Gasteiger partial charge in [-0.05, 0) is 44.4 Å². The van der Waals surface area contributed by atoms with Crippen LogP contribution in [0.4, 0.5) is 4.39 Å². The highest BCUT2D eigenvalue weighted by atomic mass is 19.1. The van der Waals surface area contributed by atoms with Crippen LogP contribution in [0.15, 0.2) is 18.2 Å². The van der Waals surface area contributed by atoms with E-state index < -0.39 is 17.8 Å². The van der Waals surface area contributed by atoms with Gasteiger partial charge in [0.1, 0.15) is 11.9 Å².